The van der Waals surface area contributed by atoms with Gasteiger partial charge in [-0.2, -0.15) is 8.78 Å². The molecule has 0 aliphatic heterocycles. The van der Waals surface area contributed by atoms with Crippen molar-refractivity contribution in [2.45, 2.75) is 19.6 Å². The van der Waals surface area contributed by atoms with Gasteiger partial charge in [-0.15, -0.1) is 5.10 Å². The van der Waals surface area contributed by atoms with Crippen LogP contribution in [0.5, 0.6) is 5.75 Å². The van der Waals surface area contributed by atoms with Crippen LogP contribution in [-0.4, -0.2) is 32.7 Å². The van der Waals surface area contributed by atoms with E-state index in [1.807, 2.05) is 0 Å². The molecule has 0 amide bonds. The largest absolute Gasteiger partial charge is 0.481 e. The molecule has 1 aromatic carbocycles. The summed E-state index contributed by atoms with van der Waals surface area (Å²) in [6.07, 6.45) is 1.21. The Balaban J connectivity index is 2.13. The number of para-hydroxylation sites is 1. The first-order valence-corrected chi connectivity index (χ1v) is 5.68. The molecule has 8 heteroatoms. The lowest BCUT2D eigenvalue weighted by Gasteiger charge is -2.09. The van der Waals surface area contributed by atoms with Crippen LogP contribution in [0.2, 0.25) is 0 Å². The summed E-state index contributed by atoms with van der Waals surface area (Å²) in [6.45, 7) is -2.75. The molecule has 0 saturated carbocycles. The molecule has 0 fully saturated rings. The zero-order valence-corrected chi connectivity index (χ0v) is 10.2. The number of rotatable bonds is 6. The van der Waals surface area contributed by atoms with Crippen LogP contribution in [0, 0.1) is 0 Å². The van der Waals surface area contributed by atoms with E-state index < -0.39 is 12.6 Å². The van der Waals surface area contributed by atoms with Crippen LogP contribution in [0.15, 0.2) is 30.5 Å². The molecule has 106 valence electrons. The van der Waals surface area contributed by atoms with Crippen molar-refractivity contribution >= 4 is 5.97 Å². The second kappa shape index (κ2) is 6.09. The van der Waals surface area contributed by atoms with Gasteiger partial charge in [0.2, 0.25) is 0 Å². The zero-order chi connectivity index (χ0) is 14.5. The summed E-state index contributed by atoms with van der Waals surface area (Å²) in [5.41, 5.74) is 0.796. The van der Waals surface area contributed by atoms with Gasteiger partial charge < -0.3 is 9.84 Å². The molecule has 0 radical (unpaired) electrons. The number of ether oxygens (including phenoxy) is 1. The fourth-order valence-corrected chi connectivity index (χ4v) is 1.67. The lowest BCUT2D eigenvalue weighted by Crippen LogP contribution is -2.07. The van der Waals surface area contributed by atoms with E-state index in [0.717, 1.165) is 0 Å². The van der Waals surface area contributed by atoms with Crippen molar-refractivity contribution in [3.63, 3.8) is 0 Å². The third-order valence-corrected chi connectivity index (χ3v) is 2.44. The molecule has 0 aliphatic carbocycles. The van der Waals surface area contributed by atoms with Gasteiger partial charge in [0.05, 0.1) is 18.7 Å². The highest BCUT2D eigenvalue weighted by atomic mass is 19.3. The standard InChI is InChI=1S/C12H11F2N3O3/c13-12(14)20-10-4-2-1-3-8(10)6-17-7-9(15-16-17)5-11(18)19/h1-4,7,12H,5-6H2,(H,18,19). The Labute approximate surface area is 112 Å². The lowest BCUT2D eigenvalue weighted by atomic mass is 10.2. The Morgan fingerprint density at radius 1 is 1.40 bits per heavy atom. The summed E-state index contributed by atoms with van der Waals surface area (Å²) >= 11 is 0. The maximum absolute atomic E-state index is 12.3. The van der Waals surface area contributed by atoms with Crippen LogP contribution in [0.25, 0.3) is 0 Å². The Bertz CT molecular complexity index is 601. The van der Waals surface area contributed by atoms with E-state index in [-0.39, 0.29) is 18.7 Å². The van der Waals surface area contributed by atoms with Crippen molar-refractivity contribution in [3.05, 3.63) is 41.7 Å². The van der Waals surface area contributed by atoms with Gasteiger partial charge in [0.15, 0.2) is 0 Å². The van der Waals surface area contributed by atoms with Crippen LogP contribution in [-0.2, 0) is 17.8 Å². The van der Waals surface area contributed by atoms with Gasteiger partial charge in [0.1, 0.15) is 5.75 Å². The molecule has 20 heavy (non-hydrogen) atoms. The van der Waals surface area contributed by atoms with Gasteiger partial charge >= 0.3 is 12.6 Å². The number of halogens is 2. The quantitative estimate of drug-likeness (QED) is 0.870. The topological polar surface area (TPSA) is 77.2 Å². The minimum Gasteiger partial charge on any atom is -0.481 e. The zero-order valence-electron chi connectivity index (χ0n) is 10.2. The molecule has 0 bridgehead atoms. The first-order chi connectivity index (χ1) is 9.54. The van der Waals surface area contributed by atoms with Gasteiger partial charge in [-0.05, 0) is 6.07 Å². The molecule has 0 aliphatic rings. The van der Waals surface area contributed by atoms with Crippen LogP contribution in [0.4, 0.5) is 8.78 Å². The summed E-state index contributed by atoms with van der Waals surface area (Å²) in [4.78, 5) is 10.5. The highest BCUT2D eigenvalue weighted by molar-refractivity contribution is 5.69. The first kappa shape index (κ1) is 13.9. The number of alkyl halides is 2. The third kappa shape index (κ3) is 3.74. The second-order valence-electron chi connectivity index (χ2n) is 3.96. The Kier molecular flexibility index (Phi) is 4.24. The highest BCUT2D eigenvalue weighted by Crippen LogP contribution is 2.21. The number of carboxylic acid groups (broad SMARTS) is 1. The third-order valence-electron chi connectivity index (χ3n) is 2.44. The average molecular weight is 283 g/mol. The molecule has 1 heterocycles. The summed E-state index contributed by atoms with van der Waals surface area (Å²) < 4.78 is 30.3. The monoisotopic (exact) mass is 283 g/mol. The van der Waals surface area contributed by atoms with Crippen LogP contribution in [0.3, 0.4) is 0 Å². The lowest BCUT2D eigenvalue weighted by molar-refractivity contribution is -0.136. The van der Waals surface area contributed by atoms with Crippen molar-refractivity contribution in [3.8, 4) is 5.75 Å². The van der Waals surface area contributed by atoms with Crippen molar-refractivity contribution in [1.29, 1.82) is 0 Å². The van der Waals surface area contributed by atoms with E-state index in [2.05, 4.69) is 15.0 Å². The highest BCUT2D eigenvalue weighted by Gasteiger charge is 2.11. The molecule has 2 rings (SSSR count). The second-order valence-corrected chi connectivity index (χ2v) is 3.96. The Morgan fingerprint density at radius 3 is 2.85 bits per heavy atom. The van der Waals surface area contributed by atoms with E-state index in [4.69, 9.17) is 5.11 Å². The predicted molar refractivity (Wildman–Crippen MR) is 63.5 cm³/mol. The molecule has 1 N–H and O–H groups in total. The minimum absolute atomic E-state index is 0.0535. The number of aliphatic carboxylic acids is 1. The maximum atomic E-state index is 12.3. The van der Waals surface area contributed by atoms with Gasteiger partial charge in [0.25, 0.3) is 0 Å². The van der Waals surface area contributed by atoms with Crippen molar-refractivity contribution in [2.75, 3.05) is 0 Å². The van der Waals surface area contributed by atoms with Crippen molar-refractivity contribution in [1.82, 2.24) is 15.0 Å². The van der Waals surface area contributed by atoms with Crippen molar-refractivity contribution in [2.24, 2.45) is 0 Å². The molecule has 0 unspecified atom stereocenters. The molecular weight excluding hydrogens is 272 g/mol. The van der Waals surface area contributed by atoms with E-state index >= 15 is 0 Å². The van der Waals surface area contributed by atoms with Gasteiger partial charge in [-0.3, -0.25) is 4.79 Å². The SMILES string of the molecule is O=C(O)Cc1cn(Cc2ccccc2OC(F)F)nn1. The van der Waals surface area contributed by atoms with E-state index in [9.17, 15) is 13.6 Å². The fourth-order valence-electron chi connectivity index (χ4n) is 1.67. The van der Waals surface area contributed by atoms with Crippen LogP contribution in [0.1, 0.15) is 11.3 Å². The molecule has 0 saturated heterocycles. The molecule has 2 aromatic rings. The number of hydrogen-bond acceptors (Lipinski definition) is 4. The van der Waals surface area contributed by atoms with Gasteiger partial charge in [0, 0.05) is 11.8 Å². The first-order valence-electron chi connectivity index (χ1n) is 5.68. The van der Waals surface area contributed by atoms with E-state index in [0.29, 0.717) is 11.3 Å². The number of benzene rings is 1. The fraction of sp³-hybridized carbons (Fsp3) is 0.250. The Hall–Kier alpha value is -2.51. The van der Waals surface area contributed by atoms with Gasteiger partial charge in [-0.25, -0.2) is 4.68 Å². The van der Waals surface area contributed by atoms with Gasteiger partial charge in [-0.1, -0.05) is 23.4 Å². The number of carbonyl (C=O) groups is 1. The summed E-state index contributed by atoms with van der Waals surface area (Å²) in [7, 11) is 0. The average Bonchev–Trinajstić information content (AvgIpc) is 2.77. The minimum atomic E-state index is -2.91. The Morgan fingerprint density at radius 2 is 2.15 bits per heavy atom. The summed E-state index contributed by atoms with van der Waals surface area (Å²) in [6, 6.07) is 6.31. The molecule has 0 spiro atoms. The van der Waals surface area contributed by atoms with Crippen LogP contribution < -0.4 is 4.74 Å². The molecule has 6 nitrogen and oxygen atoms in total. The number of nitrogens with zero attached hydrogens (tertiary/aromatic N) is 3. The molecule has 1 aromatic heterocycles. The normalized spacial score (nSPS) is 10.8. The van der Waals surface area contributed by atoms with Crippen molar-refractivity contribution < 1.29 is 23.4 Å². The maximum Gasteiger partial charge on any atom is 0.387 e. The summed E-state index contributed by atoms with van der Waals surface area (Å²) in [5, 5.41) is 16.1. The van der Waals surface area contributed by atoms with E-state index in [1.54, 1.807) is 18.2 Å². The van der Waals surface area contributed by atoms with E-state index in [1.165, 1.54) is 16.9 Å². The smallest absolute Gasteiger partial charge is 0.387 e. The number of aromatic nitrogens is 3. The molecular formula is C12H11F2N3O3. The number of carboxylic acids is 1. The summed E-state index contributed by atoms with van der Waals surface area (Å²) in [5.74, 6) is -0.962. The number of hydrogen-bond donors (Lipinski definition) is 1. The predicted octanol–water partition coefficient (Wildman–Crippen LogP) is 1.55. The van der Waals surface area contributed by atoms with Crippen LogP contribution >= 0.6 is 0 Å². The molecule has 0 atom stereocenters.